The van der Waals surface area contributed by atoms with Gasteiger partial charge in [0.15, 0.2) is 11.5 Å². The van der Waals surface area contributed by atoms with Gasteiger partial charge in [-0.3, -0.25) is 19.7 Å². The molecule has 1 atom stereocenters. The van der Waals surface area contributed by atoms with Crippen LogP contribution >= 0.6 is 0 Å². The van der Waals surface area contributed by atoms with E-state index in [1.165, 1.54) is 18.1 Å². The van der Waals surface area contributed by atoms with Crippen LogP contribution in [-0.2, 0) is 9.59 Å². The summed E-state index contributed by atoms with van der Waals surface area (Å²) in [6.07, 6.45) is 1.93. The highest BCUT2D eigenvalue weighted by Gasteiger charge is 2.34. The number of carboxylic acid groups (broad SMARTS) is 1. The number of nitro groups is 1. The van der Waals surface area contributed by atoms with Gasteiger partial charge in [0.05, 0.1) is 30.7 Å². The van der Waals surface area contributed by atoms with Crippen LogP contribution in [0.1, 0.15) is 36.0 Å². The van der Waals surface area contributed by atoms with Crippen LogP contribution in [0.15, 0.2) is 12.1 Å². The van der Waals surface area contributed by atoms with Crippen LogP contribution in [0.4, 0.5) is 5.69 Å². The number of hydrogen-bond donors (Lipinski definition) is 1. The molecular weight excluding hydrogens is 360 g/mol. The largest absolute Gasteiger partial charge is 0.493 e. The fourth-order valence-corrected chi connectivity index (χ4v) is 2.89. The molecule has 27 heavy (non-hydrogen) atoms. The molecule has 1 aliphatic rings. The predicted octanol–water partition coefficient (Wildman–Crippen LogP) is 1.65. The second-order valence-corrected chi connectivity index (χ2v) is 5.97. The first-order valence-corrected chi connectivity index (χ1v) is 8.36. The minimum atomic E-state index is -0.979. The first kappa shape index (κ1) is 20.1. The van der Waals surface area contributed by atoms with E-state index in [0.29, 0.717) is 25.7 Å². The molecule has 1 aromatic carbocycles. The third kappa shape index (κ3) is 4.72. The zero-order valence-corrected chi connectivity index (χ0v) is 14.8. The summed E-state index contributed by atoms with van der Waals surface area (Å²) < 4.78 is 10.6. The Bertz CT molecular complexity index is 749. The summed E-state index contributed by atoms with van der Waals surface area (Å²) in [5, 5.41) is 20.1. The second-order valence-electron chi connectivity index (χ2n) is 5.97. The molecule has 0 bridgehead atoms. The second kappa shape index (κ2) is 8.97. The zero-order chi connectivity index (χ0) is 20.0. The van der Waals surface area contributed by atoms with Gasteiger partial charge in [-0.05, 0) is 19.3 Å². The Kier molecular flexibility index (Phi) is 6.69. The molecule has 10 heteroatoms. The Hall–Kier alpha value is -3.17. The normalized spacial score (nSPS) is 16.0. The summed E-state index contributed by atoms with van der Waals surface area (Å²) in [6.45, 7) is 0.363. The van der Waals surface area contributed by atoms with Gasteiger partial charge in [-0.1, -0.05) is 0 Å². The number of amides is 1. The number of carbonyl (C=O) groups excluding carboxylic acids is 2. The van der Waals surface area contributed by atoms with E-state index in [1.54, 1.807) is 0 Å². The number of carbonyl (C=O) groups is 3. The Morgan fingerprint density at radius 3 is 2.74 bits per heavy atom. The number of hydrogen-bond acceptors (Lipinski definition) is 7. The average molecular weight is 380 g/mol. The number of ether oxygens (including phenoxy) is 2. The maximum absolute atomic E-state index is 12.8. The van der Waals surface area contributed by atoms with Crippen molar-refractivity contribution in [2.75, 3.05) is 20.3 Å². The lowest BCUT2D eigenvalue weighted by Gasteiger charge is -2.21. The van der Waals surface area contributed by atoms with Crippen molar-refractivity contribution in [3.8, 4) is 11.5 Å². The lowest BCUT2D eigenvalue weighted by molar-refractivity contribution is -0.385. The highest BCUT2D eigenvalue weighted by Crippen LogP contribution is 2.36. The highest BCUT2D eigenvalue weighted by atomic mass is 16.6. The Labute approximate surface area is 154 Å². The number of aliphatic carboxylic acids is 1. The molecule has 1 aliphatic heterocycles. The van der Waals surface area contributed by atoms with E-state index in [4.69, 9.17) is 14.6 Å². The van der Waals surface area contributed by atoms with Crippen molar-refractivity contribution >= 4 is 23.9 Å². The van der Waals surface area contributed by atoms with Crippen molar-refractivity contribution in [1.29, 1.82) is 0 Å². The first-order valence-electron chi connectivity index (χ1n) is 8.36. The summed E-state index contributed by atoms with van der Waals surface area (Å²) in [6, 6.07) is 1.70. The minimum absolute atomic E-state index is 0.0203. The van der Waals surface area contributed by atoms with E-state index in [-0.39, 0.29) is 36.5 Å². The molecule has 0 radical (unpaired) electrons. The number of carboxylic acids is 1. The topological polar surface area (TPSA) is 136 Å². The van der Waals surface area contributed by atoms with E-state index >= 15 is 0 Å². The van der Waals surface area contributed by atoms with Crippen molar-refractivity contribution in [2.24, 2.45) is 0 Å². The monoisotopic (exact) mass is 380 g/mol. The molecular formula is C17H20N2O8. The highest BCUT2D eigenvalue weighted by molar-refractivity contribution is 6.00. The van der Waals surface area contributed by atoms with Crippen molar-refractivity contribution in [3.05, 3.63) is 27.8 Å². The molecule has 1 fully saturated rings. The Morgan fingerprint density at radius 1 is 1.41 bits per heavy atom. The van der Waals surface area contributed by atoms with E-state index in [9.17, 15) is 24.5 Å². The first-order chi connectivity index (χ1) is 12.9. The van der Waals surface area contributed by atoms with Gasteiger partial charge in [-0.15, -0.1) is 0 Å². The average Bonchev–Trinajstić information content (AvgIpc) is 3.12. The van der Waals surface area contributed by atoms with Crippen LogP contribution in [0.3, 0.4) is 0 Å². The number of rotatable bonds is 9. The third-order valence-electron chi connectivity index (χ3n) is 4.22. The lowest BCUT2D eigenvalue weighted by atomic mass is 10.1. The maximum atomic E-state index is 12.8. The molecule has 10 nitrogen and oxygen atoms in total. The fourth-order valence-electron chi connectivity index (χ4n) is 2.89. The van der Waals surface area contributed by atoms with Crippen molar-refractivity contribution in [2.45, 2.75) is 31.7 Å². The lowest BCUT2D eigenvalue weighted by Crippen LogP contribution is -2.36. The SMILES string of the molecule is COc1cc(C(=O)N2CCC[C@H]2C=O)c([N+](=O)[O-])cc1OCCCC(=O)O. The van der Waals surface area contributed by atoms with Crippen LogP contribution in [0, 0.1) is 10.1 Å². The molecule has 1 aromatic rings. The van der Waals surface area contributed by atoms with Gasteiger partial charge < -0.3 is 24.3 Å². The van der Waals surface area contributed by atoms with E-state index in [0.717, 1.165) is 6.07 Å². The third-order valence-corrected chi connectivity index (χ3v) is 4.22. The van der Waals surface area contributed by atoms with E-state index < -0.39 is 28.5 Å². The molecule has 1 amide bonds. The smallest absolute Gasteiger partial charge is 0.303 e. The minimum Gasteiger partial charge on any atom is -0.493 e. The summed E-state index contributed by atoms with van der Waals surface area (Å²) in [5.41, 5.74) is -0.658. The van der Waals surface area contributed by atoms with Crippen LogP contribution in [0.2, 0.25) is 0 Å². The molecule has 146 valence electrons. The van der Waals surface area contributed by atoms with Crippen LogP contribution in [0.5, 0.6) is 11.5 Å². The fraction of sp³-hybridized carbons (Fsp3) is 0.471. The number of nitrogens with zero attached hydrogens (tertiary/aromatic N) is 2. The van der Waals surface area contributed by atoms with Crippen LogP contribution in [0.25, 0.3) is 0 Å². The molecule has 1 saturated heterocycles. The molecule has 2 rings (SSSR count). The van der Waals surface area contributed by atoms with Gasteiger partial charge in [0.2, 0.25) is 0 Å². The summed E-state index contributed by atoms with van der Waals surface area (Å²) in [7, 11) is 1.32. The van der Waals surface area contributed by atoms with Crippen LogP contribution in [-0.4, -0.2) is 59.4 Å². The molecule has 0 saturated carbocycles. The number of methoxy groups -OCH3 is 1. The van der Waals surface area contributed by atoms with Gasteiger partial charge >= 0.3 is 5.97 Å². The number of likely N-dealkylation sites (tertiary alicyclic amines) is 1. The Morgan fingerprint density at radius 2 is 2.15 bits per heavy atom. The van der Waals surface area contributed by atoms with Gasteiger partial charge in [0.1, 0.15) is 11.8 Å². The van der Waals surface area contributed by atoms with Gasteiger partial charge in [-0.2, -0.15) is 0 Å². The summed E-state index contributed by atoms with van der Waals surface area (Å²) in [4.78, 5) is 46.5. The quantitative estimate of drug-likeness (QED) is 0.295. The molecule has 0 aliphatic carbocycles. The van der Waals surface area contributed by atoms with Crippen molar-refractivity contribution in [3.63, 3.8) is 0 Å². The number of nitro benzene ring substituents is 1. The Balaban J connectivity index is 2.31. The maximum Gasteiger partial charge on any atom is 0.303 e. The van der Waals surface area contributed by atoms with Gasteiger partial charge in [0, 0.05) is 19.0 Å². The number of benzene rings is 1. The van der Waals surface area contributed by atoms with Crippen molar-refractivity contribution < 1.29 is 33.9 Å². The van der Waals surface area contributed by atoms with Crippen LogP contribution < -0.4 is 9.47 Å². The van der Waals surface area contributed by atoms with Crippen molar-refractivity contribution in [1.82, 2.24) is 4.90 Å². The number of aldehydes is 1. The summed E-state index contributed by atoms with van der Waals surface area (Å²) in [5.74, 6) is -1.44. The molecule has 0 unspecified atom stereocenters. The molecule has 0 aromatic heterocycles. The van der Waals surface area contributed by atoms with Gasteiger partial charge in [-0.25, -0.2) is 0 Å². The standard InChI is InChI=1S/C17H20N2O8/c1-26-14-8-12(17(23)18-6-2-4-11(18)10-20)13(19(24)25)9-15(14)27-7-3-5-16(21)22/h8-11H,2-7H2,1H3,(H,21,22)/t11-/m0/s1. The molecule has 1 N–H and O–H groups in total. The van der Waals surface area contributed by atoms with E-state index in [1.807, 2.05) is 0 Å². The zero-order valence-electron chi connectivity index (χ0n) is 14.8. The summed E-state index contributed by atoms with van der Waals surface area (Å²) >= 11 is 0. The molecule has 1 heterocycles. The predicted molar refractivity (Wildman–Crippen MR) is 92.1 cm³/mol. The molecule has 0 spiro atoms. The van der Waals surface area contributed by atoms with E-state index in [2.05, 4.69) is 0 Å². The van der Waals surface area contributed by atoms with Gasteiger partial charge in [0.25, 0.3) is 11.6 Å².